The van der Waals surface area contributed by atoms with Crippen molar-refractivity contribution in [2.45, 2.75) is 31.6 Å². The molecule has 162 valence electrons. The van der Waals surface area contributed by atoms with E-state index in [1.54, 1.807) is 52.8 Å². The molecule has 2 aromatic carbocycles. The molecule has 8 nitrogen and oxygen atoms in total. The third kappa shape index (κ3) is 4.67. The van der Waals surface area contributed by atoms with Crippen LogP contribution in [0.15, 0.2) is 57.9 Å². The number of sulfonamides is 1. The Kier molecular flexibility index (Phi) is 5.88. The average molecular weight is 441 g/mol. The molecule has 31 heavy (non-hydrogen) atoms. The first-order valence-electron chi connectivity index (χ1n) is 10.2. The van der Waals surface area contributed by atoms with Crippen molar-refractivity contribution in [2.75, 3.05) is 18.4 Å². The molecule has 0 saturated carbocycles. The topological polar surface area (TPSA) is 105 Å². The molecule has 1 saturated heterocycles. The van der Waals surface area contributed by atoms with Crippen molar-refractivity contribution in [3.05, 3.63) is 48.5 Å². The van der Waals surface area contributed by atoms with Crippen LogP contribution >= 0.6 is 0 Å². The predicted molar refractivity (Wildman–Crippen MR) is 117 cm³/mol. The number of nitrogens with zero attached hydrogens (tertiary/aromatic N) is 3. The van der Waals surface area contributed by atoms with Crippen LogP contribution in [-0.4, -0.2) is 41.9 Å². The number of hydrogen-bond acceptors (Lipinski definition) is 6. The largest absolute Gasteiger partial charge is 0.334 e. The van der Waals surface area contributed by atoms with Crippen molar-refractivity contribution in [1.29, 1.82) is 0 Å². The van der Waals surface area contributed by atoms with Gasteiger partial charge in [-0.1, -0.05) is 12.1 Å². The summed E-state index contributed by atoms with van der Waals surface area (Å²) in [4.78, 5) is 15.8. The van der Waals surface area contributed by atoms with Crippen LogP contribution in [0.3, 0.4) is 0 Å². The quantitative estimate of drug-likeness (QED) is 0.647. The van der Waals surface area contributed by atoms with Gasteiger partial charge in [0, 0.05) is 36.8 Å². The molecule has 1 fully saturated rings. The Hall–Kier alpha value is -3.04. The molecule has 0 spiro atoms. The van der Waals surface area contributed by atoms with Gasteiger partial charge in [-0.25, -0.2) is 8.42 Å². The second-order valence-corrected chi connectivity index (χ2v) is 9.73. The Bertz CT molecular complexity index is 1160. The van der Waals surface area contributed by atoms with Gasteiger partial charge >= 0.3 is 0 Å². The average Bonchev–Trinajstić information content (AvgIpc) is 3.24. The normalized spacial score (nSPS) is 15.7. The third-order valence-corrected chi connectivity index (χ3v) is 7.28. The molecule has 9 heteroatoms. The van der Waals surface area contributed by atoms with Gasteiger partial charge in [-0.15, -0.1) is 0 Å². The molecule has 0 atom stereocenters. The SMILES string of the molecule is CC(=O)Nc1ccc(-c2nc(-c3ccc(S(=O)(=O)N4CCC(C)CC4)cc3)no2)cc1. The lowest BCUT2D eigenvalue weighted by molar-refractivity contribution is -0.114. The number of rotatable bonds is 5. The number of hydrogen-bond donors (Lipinski definition) is 1. The molecular weight excluding hydrogens is 416 g/mol. The zero-order valence-electron chi connectivity index (χ0n) is 17.4. The fraction of sp³-hybridized carbons (Fsp3) is 0.318. The first-order valence-corrected chi connectivity index (χ1v) is 11.6. The lowest BCUT2D eigenvalue weighted by Gasteiger charge is -2.29. The van der Waals surface area contributed by atoms with Gasteiger partial charge in [-0.2, -0.15) is 9.29 Å². The molecular formula is C22H24N4O4S. The maximum absolute atomic E-state index is 12.9. The fourth-order valence-electron chi connectivity index (χ4n) is 3.51. The van der Waals surface area contributed by atoms with Crippen molar-refractivity contribution in [2.24, 2.45) is 5.92 Å². The zero-order valence-corrected chi connectivity index (χ0v) is 18.2. The minimum Gasteiger partial charge on any atom is -0.334 e. The number of amides is 1. The number of benzene rings is 2. The monoisotopic (exact) mass is 440 g/mol. The van der Waals surface area contributed by atoms with E-state index in [0.29, 0.717) is 47.5 Å². The molecule has 0 aliphatic carbocycles. The smallest absolute Gasteiger partial charge is 0.258 e. The summed E-state index contributed by atoms with van der Waals surface area (Å²) < 4.78 is 32.7. The maximum Gasteiger partial charge on any atom is 0.258 e. The van der Waals surface area contributed by atoms with Crippen LogP contribution in [-0.2, 0) is 14.8 Å². The van der Waals surface area contributed by atoms with Crippen LogP contribution in [0.5, 0.6) is 0 Å². The highest BCUT2D eigenvalue weighted by Gasteiger charge is 2.28. The highest BCUT2D eigenvalue weighted by Crippen LogP contribution is 2.27. The number of anilines is 1. The fourth-order valence-corrected chi connectivity index (χ4v) is 4.98. The van der Waals surface area contributed by atoms with Gasteiger partial charge in [0.2, 0.25) is 21.8 Å². The second-order valence-electron chi connectivity index (χ2n) is 7.79. The van der Waals surface area contributed by atoms with Crippen LogP contribution in [0.2, 0.25) is 0 Å². The first kappa shape index (κ1) is 21.2. The summed E-state index contributed by atoms with van der Waals surface area (Å²) in [6.45, 7) is 4.71. The number of nitrogens with one attached hydrogen (secondary N) is 1. The van der Waals surface area contributed by atoms with E-state index in [1.165, 1.54) is 6.92 Å². The van der Waals surface area contributed by atoms with Crippen molar-refractivity contribution >= 4 is 21.6 Å². The Balaban J connectivity index is 1.50. The van der Waals surface area contributed by atoms with E-state index < -0.39 is 10.0 Å². The Labute approximate surface area is 181 Å². The highest BCUT2D eigenvalue weighted by atomic mass is 32.2. The van der Waals surface area contributed by atoms with Gasteiger partial charge in [0.15, 0.2) is 0 Å². The van der Waals surface area contributed by atoms with E-state index >= 15 is 0 Å². The Morgan fingerprint density at radius 3 is 2.26 bits per heavy atom. The van der Waals surface area contributed by atoms with Gasteiger partial charge in [0.1, 0.15) is 0 Å². The standard InChI is InChI=1S/C22H24N4O4S/c1-15-11-13-26(14-12-15)31(28,29)20-9-5-17(6-10-20)21-24-22(30-25-21)18-3-7-19(8-4-18)23-16(2)27/h3-10,15H,11-14H2,1-2H3,(H,23,27). The predicted octanol–water partition coefficient (Wildman–Crippen LogP) is 3.78. The third-order valence-electron chi connectivity index (χ3n) is 5.37. The second kappa shape index (κ2) is 8.60. The summed E-state index contributed by atoms with van der Waals surface area (Å²) in [5.41, 5.74) is 2.05. The number of carbonyl (C=O) groups is 1. The summed E-state index contributed by atoms with van der Waals surface area (Å²) >= 11 is 0. The van der Waals surface area contributed by atoms with Crippen LogP contribution in [0, 0.1) is 5.92 Å². The summed E-state index contributed by atoms with van der Waals surface area (Å²) in [5.74, 6) is 1.12. The molecule has 1 aliphatic rings. The van der Waals surface area contributed by atoms with E-state index in [2.05, 4.69) is 22.4 Å². The molecule has 1 aromatic heterocycles. The molecule has 0 bridgehead atoms. The van der Waals surface area contributed by atoms with E-state index in [0.717, 1.165) is 12.8 Å². The molecule has 0 radical (unpaired) electrons. The molecule has 1 N–H and O–H groups in total. The van der Waals surface area contributed by atoms with E-state index in [1.807, 2.05) is 0 Å². The van der Waals surface area contributed by atoms with Gasteiger partial charge in [-0.05, 0) is 67.3 Å². The van der Waals surface area contributed by atoms with Gasteiger partial charge in [-0.3, -0.25) is 4.79 Å². The number of carbonyl (C=O) groups excluding carboxylic acids is 1. The first-order chi connectivity index (χ1) is 14.8. The summed E-state index contributed by atoms with van der Waals surface area (Å²) in [5, 5.41) is 6.71. The lowest BCUT2D eigenvalue weighted by atomic mass is 10.0. The van der Waals surface area contributed by atoms with Crippen LogP contribution < -0.4 is 5.32 Å². The number of aromatic nitrogens is 2. The molecule has 1 aliphatic heterocycles. The van der Waals surface area contributed by atoms with Crippen molar-refractivity contribution in [3.8, 4) is 22.8 Å². The lowest BCUT2D eigenvalue weighted by Crippen LogP contribution is -2.37. The van der Waals surface area contributed by atoms with Gasteiger partial charge in [0.25, 0.3) is 5.89 Å². The molecule has 1 amide bonds. The van der Waals surface area contributed by atoms with Crippen molar-refractivity contribution < 1.29 is 17.7 Å². The van der Waals surface area contributed by atoms with Crippen molar-refractivity contribution in [3.63, 3.8) is 0 Å². The van der Waals surface area contributed by atoms with Crippen molar-refractivity contribution in [1.82, 2.24) is 14.4 Å². The molecule has 3 aromatic rings. The minimum atomic E-state index is -3.50. The van der Waals surface area contributed by atoms with Gasteiger partial charge in [0.05, 0.1) is 4.90 Å². The zero-order chi connectivity index (χ0) is 22.0. The Morgan fingerprint density at radius 2 is 1.65 bits per heavy atom. The Morgan fingerprint density at radius 1 is 1.03 bits per heavy atom. The van der Waals surface area contributed by atoms with E-state index in [4.69, 9.17) is 4.52 Å². The van der Waals surface area contributed by atoms with Crippen LogP contribution in [0.4, 0.5) is 5.69 Å². The van der Waals surface area contributed by atoms with Crippen LogP contribution in [0.1, 0.15) is 26.7 Å². The van der Waals surface area contributed by atoms with Crippen LogP contribution in [0.25, 0.3) is 22.8 Å². The molecule has 4 rings (SSSR count). The summed E-state index contributed by atoms with van der Waals surface area (Å²) in [6, 6.07) is 13.6. The maximum atomic E-state index is 12.9. The molecule has 0 unspecified atom stereocenters. The summed E-state index contributed by atoms with van der Waals surface area (Å²) in [7, 11) is -3.50. The summed E-state index contributed by atoms with van der Waals surface area (Å²) in [6.07, 6.45) is 1.77. The van der Waals surface area contributed by atoms with E-state index in [-0.39, 0.29) is 10.8 Å². The minimum absolute atomic E-state index is 0.145. The highest BCUT2D eigenvalue weighted by molar-refractivity contribution is 7.89. The van der Waals surface area contributed by atoms with E-state index in [9.17, 15) is 13.2 Å². The molecule has 2 heterocycles. The van der Waals surface area contributed by atoms with Gasteiger partial charge < -0.3 is 9.84 Å². The number of piperidine rings is 1.